The SMILES string of the molecule is CCN(C1CCN(CCC(C)(C(C)=O)c2ccc(Cl)c(Cl)c2)CC1)S(C)(=O)=O. The minimum absolute atomic E-state index is 0.0607. The van der Waals surface area contributed by atoms with Gasteiger partial charge in [0.05, 0.1) is 21.7 Å². The van der Waals surface area contributed by atoms with Crippen molar-refractivity contribution in [1.29, 1.82) is 0 Å². The van der Waals surface area contributed by atoms with Gasteiger partial charge in [-0.1, -0.05) is 36.2 Å². The van der Waals surface area contributed by atoms with Gasteiger partial charge in [-0.3, -0.25) is 4.79 Å². The lowest BCUT2D eigenvalue weighted by Gasteiger charge is -2.38. The minimum Gasteiger partial charge on any atom is -0.303 e. The fourth-order valence-corrected chi connectivity index (χ4v) is 5.46. The number of carbonyl (C=O) groups is 1. The number of nitrogens with zero attached hydrogens (tertiary/aromatic N) is 2. The summed E-state index contributed by atoms with van der Waals surface area (Å²) >= 11 is 12.2. The predicted molar refractivity (Wildman–Crippen MR) is 116 cm³/mol. The smallest absolute Gasteiger partial charge is 0.211 e. The van der Waals surface area contributed by atoms with Gasteiger partial charge >= 0.3 is 0 Å². The molecular weight excluding hydrogens is 419 g/mol. The van der Waals surface area contributed by atoms with Crippen LogP contribution in [0, 0.1) is 0 Å². The van der Waals surface area contributed by atoms with Crippen molar-refractivity contribution in [3.8, 4) is 0 Å². The number of benzene rings is 1. The van der Waals surface area contributed by atoms with Crippen LogP contribution in [0.1, 0.15) is 45.6 Å². The molecular formula is C20H30Cl2N2O3S. The molecule has 1 aliphatic rings. The zero-order valence-electron chi connectivity index (χ0n) is 17.0. The summed E-state index contributed by atoms with van der Waals surface area (Å²) in [5.41, 5.74) is 0.242. The van der Waals surface area contributed by atoms with Crippen molar-refractivity contribution >= 4 is 39.0 Å². The Morgan fingerprint density at radius 2 is 1.86 bits per heavy atom. The Labute approximate surface area is 179 Å². The fraction of sp³-hybridized carbons (Fsp3) is 0.650. The first-order valence-corrected chi connectivity index (χ1v) is 12.2. The molecule has 1 saturated heterocycles. The molecule has 0 aliphatic carbocycles. The second-order valence-electron chi connectivity index (χ2n) is 7.81. The summed E-state index contributed by atoms with van der Waals surface area (Å²) in [6.07, 6.45) is 3.57. The van der Waals surface area contributed by atoms with Crippen molar-refractivity contribution in [2.45, 2.75) is 51.5 Å². The van der Waals surface area contributed by atoms with E-state index >= 15 is 0 Å². The van der Waals surface area contributed by atoms with Crippen LogP contribution in [0.2, 0.25) is 10.0 Å². The van der Waals surface area contributed by atoms with Gasteiger partial charge in [-0.05, 0) is 70.4 Å². The summed E-state index contributed by atoms with van der Waals surface area (Å²) in [6, 6.07) is 5.44. The van der Waals surface area contributed by atoms with E-state index in [-0.39, 0.29) is 11.8 Å². The molecule has 0 aromatic heterocycles. The molecule has 1 heterocycles. The number of piperidine rings is 1. The second kappa shape index (κ2) is 9.43. The monoisotopic (exact) mass is 448 g/mol. The van der Waals surface area contributed by atoms with E-state index in [0.717, 1.165) is 38.0 Å². The third-order valence-corrected chi connectivity index (χ3v) is 8.11. The Morgan fingerprint density at radius 1 is 1.25 bits per heavy atom. The molecule has 1 aromatic carbocycles. The number of rotatable bonds is 8. The topological polar surface area (TPSA) is 57.7 Å². The first kappa shape index (κ1) is 23.6. The number of ketones is 1. The Hall–Kier alpha value is -0.660. The van der Waals surface area contributed by atoms with Crippen molar-refractivity contribution in [2.75, 3.05) is 32.4 Å². The van der Waals surface area contributed by atoms with Crippen LogP contribution in [-0.4, -0.2) is 61.9 Å². The average Bonchev–Trinajstić information content (AvgIpc) is 2.62. The number of carbonyl (C=O) groups excluding carboxylic acids is 1. The van der Waals surface area contributed by atoms with Crippen molar-refractivity contribution in [2.24, 2.45) is 0 Å². The van der Waals surface area contributed by atoms with Gasteiger partial charge in [-0.2, -0.15) is 4.31 Å². The molecule has 1 aromatic rings. The molecule has 5 nitrogen and oxygen atoms in total. The van der Waals surface area contributed by atoms with Crippen molar-refractivity contribution < 1.29 is 13.2 Å². The van der Waals surface area contributed by atoms with Crippen molar-refractivity contribution in [1.82, 2.24) is 9.21 Å². The Morgan fingerprint density at radius 3 is 2.32 bits per heavy atom. The highest BCUT2D eigenvalue weighted by Gasteiger charge is 2.34. The zero-order valence-corrected chi connectivity index (χ0v) is 19.4. The summed E-state index contributed by atoms with van der Waals surface area (Å²) < 4.78 is 25.5. The van der Waals surface area contributed by atoms with E-state index in [9.17, 15) is 13.2 Å². The van der Waals surface area contributed by atoms with Crippen LogP contribution in [0.3, 0.4) is 0 Å². The normalized spacial score (nSPS) is 19.0. The van der Waals surface area contributed by atoms with Crippen LogP contribution >= 0.6 is 23.2 Å². The van der Waals surface area contributed by atoms with Gasteiger partial charge in [0, 0.05) is 12.6 Å². The largest absolute Gasteiger partial charge is 0.303 e. The summed E-state index contributed by atoms with van der Waals surface area (Å²) in [5, 5.41) is 0.928. The third-order valence-electron chi connectivity index (χ3n) is 5.96. The van der Waals surface area contributed by atoms with Crippen molar-refractivity contribution in [3.63, 3.8) is 0 Å². The van der Waals surface area contributed by atoms with E-state index in [1.54, 1.807) is 23.4 Å². The van der Waals surface area contributed by atoms with E-state index in [0.29, 0.717) is 23.0 Å². The van der Waals surface area contributed by atoms with Crippen LogP contribution in [0.15, 0.2) is 18.2 Å². The minimum atomic E-state index is -3.18. The van der Waals surface area contributed by atoms with Gasteiger partial charge in [-0.15, -0.1) is 0 Å². The molecule has 1 atom stereocenters. The summed E-state index contributed by atoms with van der Waals surface area (Å²) in [5.74, 6) is 0.0926. The predicted octanol–water partition coefficient (Wildman–Crippen LogP) is 3.98. The lowest BCUT2D eigenvalue weighted by Crippen LogP contribution is -2.47. The number of Topliss-reactive ketones (excluding diaryl/α,β-unsaturated/α-hetero) is 1. The number of hydrogen-bond acceptors (Lipinski definition) is 4. The van der Waals surface area contributed by atoms with Gasteiger partial charge in [0.15, 0.2) is 0 Å². The maximum Gasteiger partial charge on any atom is 0.211 e. The molecule has 0 saturated carbocycles. The highest BCUT2D eigenvalue weighted by atomic mass is 35.5. The third kappa shape index (κ3) is 5.48. The first-order chi connectivity index (χ1) is 13.0. The molecule has 0 amide bonds. The molecule has 28 heavy (non-hydrogen) atoms. The van der Waals surface area contributed by atoms with E-state index < -0.39 is 15.4 Å². The van der Waals surface area contributed by atoms with Gasteiger partial charge in [0.1, 0.15) is 5.78 Å². The lowest BCUT2D eigenvalue weighted by molar-refractivity contribution is -0.122. The van der Waals surface area contributed by atoms with Gasteiger partial charge in [-0.25, -0.2) is 8.42 Å². The van der Waals surface area contributed by atoms with Gasteiger partial charge in [0.2, 0.25) is 10.0 Å². The van der Waals surface area contributed by atoms with E-state index in [4.69, 9.17) is 23.2 Å². The molecule has 0 radical (unpaired) electrons. The molecule has 0 bridgehead atoms. The number of halogens is 2. The molecule has 158 valence electrons. The number of likely N-dealkylation sites (tertiary alicyclic amines) is 1. The number of sulfonamides is 1. The van der Waals surface area contributed by atoms with Crippen LogP contribution in [0.25, 0.3) is 0 Å². The maximum absolute atomic E-state index is 12.5. The molecule has 2 rings (SSSR count). The summed E-state index contributed by atoms with van der Waals surface area (Å²) in [7, 11) is -3.18. The van der Waals surface area contributed by atoms with Crippen LogP contribution in [0.5, 0.6) is 0 Å². The quantitative estimate of drug-likeness (QED) is 0.603. The Balaban J connectivity index is 2.02. The van der Waals surface area contributed by atoms with E-state index in [2.05, 4.69) is 4.90 Å². The Kier molecular flexibility index (Phi) is 7.96. The molecule has 1 unspecified atom stereocenters. The average molecular weight is 449 g/mol. The van der Waals surface area contributed by atoms with Crippen molar-refractivity contribution in [3.05, 3.63) is 33.8 Å². The maximum atomic E-state index is 12.5. The summed E-state index contributed by atoms with van der Waals surface area (Å²) in [6.45, 7) is 8.36. The standard InChI is InChI=1S/C20H30Cl2N2O3S/c1-5-24(28(4,26)27)17-8-11-23(12-9-17)13-10-20(3,15(2)25)16-6-7-18(21)19(22)14-16/h6-7,14,17H,5,8-13H2,1-4H3. The first-order valence-electron chi connectivity index (χ1n) is 9.64. The second-order valence-corrected chi connectivity index (χ2v) is 10.6. The molecule has 8 heteroatoms. The molecule has 0 N–H and O–H groups in total. The molecule has 1 aliphatic heterocycles. The summed E-state index contributed by atoms with van der Waals surface area (Å²) in [4.78, 5) is 14.8. The fourth-order valence-electron chi connectivity index (χ4n) is 3.94. The highest BCUT2D eigenvalue weighted by molar-refractivity contribution is 7.88. The molecule has 1 fully saturated rings. The zero-order chi connectivity index (χ0) is 21.1. The van der Waals surface area contributed by atoms with E-state index in [1.165, 1.54) is 6.26 Å². The van der Waals surface area contributed by atoms with Crippen LogP contribution < -0.4 is 0 Å². The van der Waals surface area contributed by atoms with E-state index in [1.807, 2.05) is 19.9 Å². The van der Waals surface area contributed by atoms with Gasteiger partial charge < -0.3 is 4.90 Å². The lowest BCUT2D eigenvalue weighted by atomic mass is 9.76. The van der Waals surface area contributed by atoms with Crippen LogP contribution in [0.4, 0.5) is 0 Å². The number of hydrogen-bond donors (Lipinski definition) is 0. The molecule has 0 spiro atoms. The van der Waals surface area contributed by atoms with Gasteiger partial charge in [0.25, 0.3) is 0 Å². The van der Waals surface area contributed by atoms with Crippen LogP contribution in [-0.2, 0) is 20.2 Å². The Bertz CT molecular complexity index is 808. The highest BCUT2D eigenvalue weighted by Crippen LogP contribution is 2.34.